The number of carbonyl (C=O) groups is 6. The maximum absolute atomic E-state index is 13.1. The number of nitrogens with one attached hydrogen (secondary N) is 7. The van der Waals surface area contributed by atoms with Crippen LogP contribution in [0.5, 0.6) is 0 Å². The van der Waals surface area contributed by atoms with Gasteiger partial charge in [0.05, 0.1) is 30.7 Å². The van der Waals surface area contributed by atoms with Gasteiger partial charge in [-0.15, -0.1) is 0 Å². The number of Topliss-reactive ketones (excluding diaryl/α,β-unsaturated/α-hetero) is 6. The van der Waals surface area contributed by atoms with E-state index < -0.39 is 78.0 Å². The lowest BCUT2D eigenvalue weighted by Crippen LogP contribution is -2.57. The van der Waals surface area contributed by atoms with Gasteiger partial charge in [0, 0.05) is 6.92 Å². The first-order valence-corrected chi connectivity index (χ1v) is 14.3. The van der Waals surface area contributed by atoms with Crippen LogP contribution in [0.4, 0.5) is 0 Å². The van der Waals surface area contributed by atoms with Gasteiger partial charge in [-0.1, -0.05) is 20.3 Å². The Bertz CT molecular complexity index is 919. The Morgan fingerprint density at radius 1 is 0.698 bits per heavy atom. The highest BCUT2D eigenvalue weighted by molar-refractivity contribution is 6.41. The summed E-state index contributed by atoms with van der Waals surface area (Å²) in [5.41, 5.74) is 34.7. The zero-order valence-corrected chi connectivity index (χ0v) is 25.5. The first kappa shape index (κ1) is 40.5. The van der Waals surface area contributed by atoms with E-state index in [9.17, 15) is 28.8 Å². The molecule has 0 aliphatic carbocycles. The highest BCUT2D eigenvalue weighted by atomic mass is 16.2. The molecular weight excluding hydrogens is 564 g/mol. The fourth-order valence-corrected chi connectivity index (χ4v) is 3.87. The van der Waals surface area contributed by atoms with Gasteiger partial charge in [-0.3, -0.25) is 45.2 Å². The fraction of sp³-hybridized carbons (Fsp3) is 0.760. The Kier molecular flexibility index (Phi) is 20.8. The highest BCUT2D eigenvalue weighted by Gasteiger charge is 2.32. The van der Waals surface area contributed by atoms with Crippen LogP contribution in [0.25, 0.3) is 0 Å². The number of carbonyl (C=O) groups excluding carboxylic acids is 6. The van der Waals surface area contributed by atoms with Gasteiger partial charge < -0.3 is 22.9 Å². The third-order valence-corrected chi connectivity index (χ3v) is 6.66. The minimum atomic E-state index is -1.09. The SMILES string of the molecule is CC[C@H](C)C(NN)C(=O)C(=O)[C@H](C)NNCC(=O)C(=O)[C@H](CCCNC(N)N)NN[C@@H](CCCNC(N)N)C(=O)C(C)=O. The van der Waals surface area contributed by atoms with Crippen molar-refractivity contribution in [1.29, 1.82) is 0 Å². The maximum atomic E-state index is 13.1. The van der Waals surface area contributed by atoms with Gasteiger partial charge in [0.2, 0.25) is 28.9 Å². The third kappa shape index (κ3) is 16.3. The second kappa shape index (κ2) is 22.1. The second-order valence-electron chi connectivity index (χ2n) is 10.3. The summed E-state index contributed by atoms with van der Waals surface area (Å²) in [5.74, 6) is 0.729. The normalized spacial score (nSPS) is 15.1. The first-order chi connectivity index (χ1) is 20.2. The number of hydrogen-bond acceptors (Lipinski definition) is 18. The van der Waals surface area contributed by atoms with E-state index in [1.807, 2.05) is 6.92 Å². The first-order valence-electron chi connectivity index (χ1n) is 14.3. The van der Waals surface area contributed by atoms with Gasteiger partial charge in [-0.25, -0.2) is 27.1 Å². The fourth-order valence-electron chi connectivity index (χ4n) is 3.87. The average molecular weight is 617 g/mol. The summed E-state index contributed by atoms with van der Waals surface area (Å²) in [6.07, 6.45) is 0.243. The summed E-state index contributed by atoms with van der Waals surface area (Å²) < 4.78 is 0. The van der Waals surface area contributed by atoms with Crippen molar-refractivity contribution in [1.82, 2.24) is 37.8 Å². The molecule has 0 saturated carbocycles. The minimum Gasteiger partial charge on any atom is -0.304 e. The van der Waals surface area contributed by atoms with Crippen LogP contribution in [-0.2, 0) is 28.8 Å². The molecule has 0 aliphatic rings. The predicted molar refractivity (Wildman–Crippen MR) is 160 cm³/mol. The predicted octanol–water partition coefficient (Wildman–Crippen LogP) is -5.25. The monoisotopic (exact) mass is 616 g/mol. The molecule has 0 aromatic heterocycles. The number of hydrogen-bond donors (Lipinski definition) is 12. The van der Waals surface area contributed by atoms with E-state index in [4.69, 9.17) is 28.8 Å². The molecule has 0 aromatic rings. The molecule has 248 valence electrons. The van der Waals surface area contributed by atoms with Gasteiger partial charge in [-0.2, -0.15) is 0 Å². The molecule has 43 heavy (non-hydrogen) atoms. The molecule has 0 amide bonds. The average Bonchev–Trinajstić information content (AvgIpc) is 2.95. The highest BCUT2D eigenvalue weighted by Crippen LogP contribution is 2.09. The van der Waals surface area contributed by atoms with Crippen molar-refractivity contribution in [2.24, 2.45) is 34.7 Å². The van der Waals surface area contributed by atoms with Crippen molar-refractivity contribution >= 4 is 34.7 Å². The Labute approximate surface area is 252 Å². The molecule has 0 fully saturated rings. The standard InChI is InChI=1S/C25H52N12O6/c1-5-13(2)19(34-30)23(43)20(40)14(3)35-33-12-18(39)22(42)17(9-7-11-32-25(28)29)37-36-16(21(41)15(4)38)8-6-10-31-24(26)27/h13-14,16-17,19,24-25,31-37H,5-12,26-30H2,1-4H3/t13-,14-,16-,17-,19?/m0/s1. The van der Waals surface area contributed by atoms with E-state index in [0.717, 1.165) is 6.92 Å². The third-order valence-electron chi connectivity index (χ3n) is 6.66. The van der Waals surface area contributed by atoms with Crippen molar-refractivity contribution in [3.05, 3.63) is 0 Å². The van der Waals surface area contributed by atoms with E-state index in [-0.39, 0.29) is 18.8 Å². The van der Waals surface area contributed by atoms with Gasteiger partial charge in [0.15, 0.2) is 5.78 Å². The number of rotatable bonds is 27. The molecule has 18 heteroatoms. The Morgan fingerprint density at radius 2 is 1.19 bits per heavy atom. The van der Waals surface area contributed by atoms with Crippen LogP contribution in [0.3, 0.4) is 0 Å². The lowest BCUT2D eigenvalue weighted by Gasteiger charge is -2.23. The maximum Gasteiger partial charge on any atom is 0.218 e. The Balaban J connectivity index is 5.30. The van der Waals surface area contributed by atoms with Gasteiger partial charge >= 0.3 is 0 Å². The molecule has 0 aromatic carbocycles. The van der Waals surface area contributed by atoms with E-state index >= 15 is 0 Å². The zero-order valence-electron chi connectivity index (χ0n) is 25.5. The number of ketones is 6. The molecule has 0 heterocycles. The van der Waals surface area contributed by atoms with Crippen molar-refractivity contribution in [2.75, 3.05) is 19.6 Å². The van der Waals surface area contributed by atoms with Crippen LogP contribution < -0.4 is 66.5 Å². The van der Waals surface area contributed by atoms with Crippen LogP contribution in [0.15, 0.2) is 0 Å². The van der Waals surface area contributed by atoms with E-state index in [1.54, 1.807) is 6.92 Å². The van der Waals surface area contributed by atoms with E-state index in [2.05, 4.69) is 37.8 Å². The Hall–Kier alpha value is -2.46. The summed E-state index contributed by atoms with van der Waals surface area (Å²) in [5, 5.41) is 5.58. The molecule has 0 bridgehead atoms. The molecule has 0 radical (unpaired) electrons. The van der Waals surface area contributed by atoms with Gasteiger partial charge in [-0.05, 0) is 51.6 Å². The van der Waals surface area contributed by atoms with Crippen LogP contribution in [0, 0.1) is 5.92 Å². The van der Waals surface area contributed by atoms with E-state index in [1.165, 1.54) is 6.92 Å². The molecular formula is C25H52N12O6. The topological polar surface area (TPSA) is 317 Å². The van der Waals surface area contributed by atoms with Gasteiger partial charge in [0.1, 0.15) is 12.6 Å². The molecule has 18 nitrogen and oxygen atoms in total. The number of nitrogens with two attached hydrogens (primary N) is 5. The molecule has 0 spiro atoms. The lowest BCUT2D eigenvalue weighted by molar-refractivity contribution is -0.140. The number of hydrazine groups is 3. The molecule has 0 saturated heterocycles. The second-order valence-corrected chi connectivity index (χ2v) is 10.3. The summed E-state index contributed by atoms with van der Waals surface area (Å²) in [4.78, 5) is 75.1. The zero-order chi connectivity index (χ0) is 33.1. The quantitative estimate of drug-likeness (QED) is 0.0135. The largest absolute Gasteiger partial charge is 0.304 e. The Morgan fingerprint density at radius 3 is 1.60 bits per heavy atom. The van der Waals surface area contributed by atoms with Gasteiger partial charge in [0.25, 0.3) is 0 Å². The summed E-state index contributed by atoms with van der Waals surface area (Å²) in [6.45, 7) is 6.41. The van der Waals surface area contributed by atoms with Crippen LogP contribution in [0.2, 0.25) is 0 Å². The van der Waals surface area contributed by atoms with E-state index in [0.29, 0.717) is 32.4 Å². The van der Waals surface area contributed by atoms with Crippen molar-refractivity contribution < 1.29 is 28.8 Å². The van der Waals surface area contributed by atoms with Crippen LogP contribution >= 0.6 is 0 Å². The molecule has 5 atom stereocenters. The minimum absolute atomic E-state index is 0.141. The van der Waals surface area contributed by atoms with Crippen LogP contribution in [0.1, 0.15) is 59.8 Å². The summed E-state index contributed by atoms with van der Waals surface area (Å²) >= 11 is 0. The molecule has 1 unspecified atom stereocenters. The molecule has 0 aliphatic heterocycles. The molecule has 0 rings (SSSR count). The van der Waals surface area contributed by atoms with Crippen LogP contribution in [-0.4, -0.2) is 91.1 Å². The summed E-state index contributed by atoms with van der Waals surface area (Å²) in [7, 11) is 0. The lowest BCUT2D eigenvalue weighted by atomic mass is 9.92. The molecule has 17 N–H and O–H groups in total. The summed E-state index contributed by atoms with van der Waals surface area (Å²) in [6, 6.07) is -3.95. The van der Waals surface area contributed by atoms with Crippen molar-refractivity contribution in [3.63, 3.8) is 0 Å². The van der Waals surface area contributed by atoms with Crippen molar-refractivity contribution in [2.45, 2.75) is 96.5 Å². The van der Waals surface area contributed by atoms with Crippen molar-refractivity contribution in [3.8, 4) is 0 Å². The smallest absolute Gasteiger partial charge is 0.218 e.